The van der Waals surface area contributed by atoms with Crippen LogP contribution in [0, 0.1) is 0 Å². The maximum absolute atomic E-state index is 8.80. The lowest BCUT2D eigenvalue weighted by atomic mass is 10.2. The molecule has 0 bridgehead atoms. The highest BCUT2D eigenvalue weighted by molar-refractivity contribution is 7.21. The molecule has 21 heavy (non-hydrogen) atoms. The Labute approximate surface area is 127 Å². The molecule has 0 atom stereocenters. The van der Waals surface area contributed by atoms with Gasteiger partial charge in [-0.25, -0.2) is 4.98 Å². The Morgan fingerprint density at radius 2 is 2.00 bits per heavy atom. The van der Waals surface area contributed by atoms with E-state index in [4.69, 9.17) is 9.84 Å². The number of fused-ring (bicyclic) bond motifs is 1. The van der Waals surface area contributed by atoms with Crippen LogP contribution in [-0.2, 0) is 0 Å². The van der Waals surface area contributed by atoms with E-state index < -0.39 is 0 Å². The number of aromatic nitrogens is 1. The summed E-state index contributed by atoms with van der Waals surface area (Å²) in [5.74, 6) is 0.761. The van der Waals surface area contributed by atoms with E-state index in [9.17, 15) is 0 Å². The quantitative estimate of drug-likeness (QED) is 0.758. The highest BCUT2D eigenvalue weighted by atomic mass is 32.1. The molecule has 1 aromatic heterocycles. The summed E-state index contributed by atoms with van der Waals surface area (Å²) in [5.41, 5.74) is 3.15. The number of nitrogens with one attached hydrogen (secondary N) is 1. The first-order valence-electron chi connectivity index (χ1n) is 6.72. The van der Waals surface area contributed by atoms with Crippen LogP contribution in [0.1, 0.15) is 0 Å². The van der Waals surface area contributed by atoms with Crippen LogP contribution in [0.2, 0.25) is 0 Å². The number of anilines is 1. The average Bonchev–Trinajstić information content (AvgIpc) is 2.96. The van der Waals surface area contributed by atoms with E-state index >= 15 is 0 Å². The summed E-state index contributed by atoms with van der Waals surface area (Å²) in [6.07, 6.45) is 0. The summed E-state index contributed by atoms with van der Waals surface area (Å²) >= 11 is 1.64. The van der Waals surface area contributed by atoms with E-state index in [-0.39, 0.29) is 6.61 Å². The molecule has 108 valence electrons. The number of hydrogen-bond donors (Lipinski definition) is 2. The van der Waals surface area contributed by atoms with E-state index in [1.807, 2.05) is 37.4 Å². The van der Waals surface area contributed by atoms with Gasteiger partial charge < -0.3 is 15.2 Å². The van der Waals surface area contributed by atoms with Gasteiger partial charge in [0.1, 0.15) is 17.4 Å². The van der Waals surface area contributed by atoms with Gasteiger partial charge in [-0.1, -0.05) is 0 Å². The molecule has 4 nitrogen and oxygen atoms in total. The fourth-order valence-electron chi connectivity index (χ4n) is 2.06. The van der Waals surface area contributed by atoms with Crippen LogP contribution in [0.25, 0.3) is 20.8 Å². The van der Waals surface area contributed by atoms with Gasteiger partial charge in [0.15, 0.2) is 0 Å². The summed E-state index contributed by atoms with van der Waals surface area (Å²) < 4.78 is 6.51. The van der Waals surface area contributed by atoms with Gasteiger partial charge in [-0.3, -0.25) is 0 Å². The molecule has 0 spiro atoms. The molecular weight excluding hydrogens is 284 g/mol. The third kappa shape index (κ3) is 2.99. The van der Waals surface area contributed by atoms with Crippen LogP contribution in [0.3, 0.4) is 0 Å². The van der Waals surface area contributed by atoms with Gasteiger partial charge in [-0.15, -0.1) is 11.3 Å². The molecule has 0 unspecified atom stereocenters. The Kier molecular flexibility index (Phi) is 4.03. The largest absolute Gasteiger partial charge is 0.491 e. The third-order valence-corrected chi connectivity index (χ3v) is 4.21. The van der Waals surface area contributed by atoms with E-state index in [1.165, 1.54) is 0 Å². The Hall–Kier alpha value is -2.11. The SMILES string of the molecule is CNc1ccc(-c2nc3ccc(OCCO)cc3s2)cc1. The number of nitrogens with zero attached hydrogens (tertiary/aromatic N) is 1. The van der Waals surface area contributed by atoms with Gasteiger partial charge in [-0.05, 0) is 42.5 Å². The molecule has 0 saturated heterocycles. The van der Waals surface area contributed by atoms with E-state index in [0.717, 1.165) is 32.2 Å². The molecule has 0 aliphatic heterocycles. The molecule has 0 radical (unpaired) electrons. The van der Waals surface area contributed by atoms with Crippen molar-refractivity contribution in [2.24, 2.45) is 0 Å². The second kappa shape index (κ2) is 6.11. The molecule has 0 amide bonds. The predicted molar refractivity (Wildman–Crippen MR) is 87.2 cm³/mol. The van der Waals surface area contributed by atoms with Crippen molar-refractivity contribution >= 4 is 27.2 Å². The molecular formula is C16H16N2O2S. The lowest BCUT2D eigenvalue weighted by Gasteiger charge is -2.02. The highest BCUT2D eigenvalue weighted by Gasteiger charge is 2.07. The molecule has 3 aromatic rings. The number of aliphatic hydroxyl groups excluding tert-OH is 1. The van der Waals surface area contributed by atoms with Crippen molar-refractivity contribution in [3.63, 3.8) is 0 Å². The van der Waals surface area contributed by atoms with Crippen LogP contribution in [0.4, 0.5) is 5.69 Å². The zero-order valence-corrected chi connectivity index (χ0v) is 12.5. The molecule has 3 rings (SSSR count). The second-order valence-electron chi connectivity index (χ2n) is 4.55. The molecule has 5 heteroatoms. The summed E-state index contributed by atoms with van der Waals surface area (Å²) in [6, 6.07) is 14.0. The second-order valence-corrected chi connectivity index (χ2v) is 5.58. The fraction of sp³-hybridized carbons (Fsp3) is 0.188. The normalized spacial score (nSPS) is 10.8. The lowest BCUT2D eigenvalue weighted by molar-refractivity contribution is 0.201. The van der Waals surface area contributed by atoms with Crippen molar-refractivity contribution < 1.29 is 9.84 Å². The van der Waals surface area contributed by atoms with Crippen LogP contribution in [-0.4, -0.2) is 30.4 Å². The summed E-state index contributed by atoms with van der Waals surface area (Å²) in [7, 11) is 1.90. The fourth-order valence-corrected chi connectivity index (χ4v) is 3.06. The monoisotopic (exact) mass is 300 g/mol. The van der Waals surface area contributed by atoms with Crippen LogP contribution >= 0.6 is 11.3 Å². The lowest BCUT2D eigenvalue weighted by Crippen LogP contribution is -2.00. The van der Waals surface area contributed by atoms with E-state index in [0.29, 0.717) is 6.61 Å². The third-order valence-electron chi connectivity index (χ3n) is 3.14. The minimum absolute atomic E-state index is 0.0176. The standard InChI is InChI=1S/C16H16N2O2S/c1-17-12-4-2-11(3-5-12)16-18-14-7-6-13(20-9-8-19)10-15(14)21-16/h2-7,10,17,19H,8-9H2,1H3. The number of thiazole rings is 1. The Morgan fingerprint density at radius 3 is 2.71 bits per heavy atom. The molecule has 2 aromatic carbocycles. The smallest absolute Gasteiger partial charge is 0.124 e. The first-order valence-corrected chi connectivity index (χ1v) is 7.54. The Balaban J connectivity index is 1.92. The van der Waals surface area contributed by atoms with E-state index in [1.54, 1.807) is 11.3 Å². The number of aliphatic hydroxyl groups is 1. The minimum atomic E-state index is 0.0176. The van der Waals surface area contributed by atoms with Gasteiger partial charge in [-0.2, -0.15) is 0 Å². The molecule has 0 aliphatic carbocycles. The number of rotatable bonds is 5. The first-order chi connectivity index (χ1) is 10.3. The molecule has 0 saturated carbocycles. The van der Waals surface area contributed by atoms with Crippen LogP contribution in [0.5, 0.6) is 5.75 Å². The minimum Gasteiger partial charge on any atom is -0.491 e. The van der Waals surface area contributed by atoms with Gasteiger partial charge >= 0.3 is 0 Å². The predicted octanol–water partition coefficient (Wildman–Crippen LogP) is 3.38. The van der Waals surface area contributed by atoms with Crippen molar-refractivity contribution in [3.05, 3.63) is 42.5 Å². The Bertz CT molecular complexity index is 738. The topological polar surface area (TPSA) is 54.4 Å². The van der Waals surface area contributed by atoms with Crippen LogP contribution in [0.15, 0.2) is 42.5 Å². The van der Waals surface area contributed by atoms with Crippen molar-refractivity contribution in [1.82, 2.24) is 4.98 Å². The zero-order valence-electron chi connectivity index (χ0n) is 11.7. The molecule has 0 fully saturated rings. The Morgan fingerprint density at radius 1 is 1.19 bits per heavy atom. The first kappa shape index (κ1) is 13.9. The highest BCUT2D eigenvalue weighted by Crippen LogP contribution is 2.32. The van der Waals surface area contributed by atoms with Crippen LogP contribution < -0.4 is 10.1 Å². The number of ether oxygens (including phenoxy) is 1. The molecule has 1 heterocycles. The van der Waals surface area contributed by atoms with Gasteiger partial charge in [0.2, 0.25) is 0 Å². The number of hydrogen-bond acceptors (Lipinski definition) is 5. The molecule has 0 aliphatic rings. The van der Waals surface area contributed by atoms with Gasteiger partial charge in [0, 0.05) is 18.3 Å². The zero-order chi connectivity index (χ0) is 14.7. The van der Waals surface area contributed by atoms with Crippen molar-refractivity contribution in [1.29, 1.82) is 0 Å². The molecule has 2 N–H and O–H groups in total. The van der Waals surface area contributed by atoms with Crippen molar-refractivity contribution in [2.75, 3.05) is 25.6 Å². The summed E-state index contributed by atoms with van der Waals surface area (Å²) in [5, 5.41) is 12.9. The average molecular weight is 300 g/mol. The van der Waals surface area contributed by atoms with Gasteiger partial charge in [0.25, 0.3) is 0 Å². The maximum Gasteiger partial charge on any atom is 0.124 e. The number of benzene rings is 2. The summed E-state index contributed by atoms with van der Waals surface area (Å²) in [4.78, 5) is 4.65. The maximum atomic E-state index is 8.80. The summed E-state index contributed by atoms with van der Waals surface area (Å²) in [6.45, 7) is 0.326. The van der Waals surface area contributed by atoms with E-state index in [2.05, 4.69) is 22.4 Å². The van der Waals surface area contributed by atoms with Crippen molar-refractivity contribution in [3.8, 4) is 16.3 Å². The van der Waals surface area contributed by atoms with Gasteiger partial charge in [0.05, 0.1) is 16.8 Å². The van der Waals surface area contributed by atoms with Crippen molar-refractivity contribution in [2.45, 2.75) is 0 Å².